The molecule has 0 spiro atoms. The number of terminal acetylenes is 3. The Morgan fingerprint density at radius 1 is 0.458 bits per heavy atom. The van der Waals surface area contributed by atoms with Crippen molar-refractivity contribution in [3.63, 3.8) is 0 Å². The molecule has 8 rings (SSSR count). The molecular weight excluding hydrogens is 1560 g/mol. The fourth-order valence-electron chi connectivity index (χ4n) is 9.72. The van der Waals surface area contributed by atoms with Crippen LogP contribution in [-0.4, -0.2) is 203 Å². The SMILES string of the molecule is C#CC(COC(C)(C)C)N1C(=O)c2ccccc2C1=O.C#CC(COC(C)(C)C)N1C(=O)c2ccccc2C1=O.C#C[C@@H](O)COC(C)(C)C.CC#C[C@@H](COC(C)(C)C)N=[N+]=[N-].CC#C[C@@H](COC(C)(C)C)N=[N+]=[N-].CC#C[C@@H](COC(C)(C)C)n1nncc1C(COC(C)(C)C)N1C(=O)c2ccccc2C1=O.[2H][2H].[2H][2H].[N-]=[N+]=NS(=O)(=O)n1ccnc1. The highest BCUT2D eigenvalue weighted by molar-refractivity contribution is 7.88. The molecule has 3 unspecified atom stereocenters. The van der Waals surface area contributed by atoms with Crippen LogP contribution in [0.3, 0.4) is 0 Å². The molecule has 0 bridgehead atoms. The number of amides is 6. The molecular formula is C86H117N17O16S. The fourth-order valence-corrected chi connectivity index (χ4v) is 10.3. The number of carbonyl (C=O) groups excluding carboxylic acids is 6. The van der Waals surface area contributed by atoms with Crippen molar-refractivity contribution in [2.45, 2.75) is 248 Å². The Labute approximate surface area is 711 Å². The Morgan fingerprint density at radius 3 is 1.05 bits per heavy atom. The third-order valence-corrected chi connectivity index (χ3v) is 16.2. The lowest BCUT2D eigenvalue weighted by molar-refractivity contribution is -0.0345. The van der Waals surface area contributed by atoms with Crippen LogP contribution in [0.15, 0.2) is 112 Å². The van der Waals surface area contributed by atoms with E-state index in [4.69, 9.17) is 80.1 Å². The summed E-state index contributed by atoms with van der Waals surface area (Å²) in [5, 5.41) is 24.2. The van der Waals surface area contributed by atoms with Crippen molar-refractivity contribution >= 4 is 45.7 Å². The van der Waals surface area contributed by atoms with E-state index in [-0.39, 0.29) is 114 Å². The number of ether oxygens (including phenoxy) is 7. The average Bonchev–Trinajstić information content (AvgIpc) is 1.61. The lowest BCUT2D eigenvalue weighted by Gasteiger charge is -2.31. The van der Waals surface area contributed by atoms with Gasteiger partial charge in [-0.05, 0) is 219 Å². The second-order valence-corrected chi connectivity index (χ2v) is 34.4. The normalized spacial score (nSPS) is 14.6. The number of rotatable bonds is 23. The molecule has 34 heteroatoms. The maximum atomic E-state index is 13.3. The van der Waals surface area contributed by atoms with Crippen LogP contribution in [0.2, 0.25) is 0 Å². The number of imidazole rings is 1. The van der Waals surface area contributed by atoms with Crippen molar-refractivity contribution in [2.24, 2.45) is 14.7 Å². The van der Waals surface area contributed by atoms with Gasteiger partial charge >= 0.3 is 10.2 Å². The lowest BCUT2D eigenvalue weighted by Crippen LogP contribution is -2.43. The van der Waals surface area contributed by atoms with E-state index >= 15 is 0 Å². The molecule has 0 radical (unpaired) electrons. The van der Waals surface area contributed by atoms with Gasteiger partial charge in [0, 0.05) is 33.1 Å². The number of aliphatic hydroxyl groups excluding tert-OH is 1. The Kier molecular flexibility index (Phi) is 40.1. The third-order valence-electron chi connectivity index (χ3n) is 15.1. The van der Waals surface area contributed by atoms with Gasteiger partial charge < -0.3 is 38.3 Å². The molecule has 0 aliphatic carbocycles. The number of carbonyl (C=O) groups is 6. The lowest BCUT2D eigenvalue weighted by atomic mass is 10.1. The van der Waals surface area contributed by atoms with Gasteiger partial charge in [0.25, 0.3) is 35.4 Å². The Hall–Kier alpha value is -11.7. The van der Waals surface area contributed by atoms with Gasteiger partial charge in [-0.25, -0.2) is 13.6 Å². The summed E-state index contributed by atoms with van der Waals surface area (Å²) in [5.74, 6) is 21.9. The number of hydrogen-bond donors (Lipinski definition) is 1. The highest BCUT2D eigenvalue weighted by Gasteiger charge is 2.44. The number of hydrogen-bond acceptors (Lipinski definition) is 21. The summed E-state index contributed by atoms with van der Waals surface area (Å²) in [6.07, 6.45) is 20.1. The molecule has 33 nitrogen and oxygen atoms in total. The van der Waals surface area contributed by atoms with Crippen LogP contribution in [0, 0.1) is 72.6 Å². The van der Waals surface area contributed by atoms with E-state index in [1.807, 2.05) is 145 Å². The first-order valence-corrected chi connectivity index (χ1v) is 39.1. The quantitative estimate of drug-likeness (QED) is 0.0209. The molecule has 0 fully saturated rings. The minimum absolute atomic E-state index is 0.0920. The Bertz CT molecular complexity index is 4660. The maximum Gasteiger partial charge on any atom is 0.329 e. The van der Waals surface area contributed by atoms with E-state index in [2.05, 4.69) is 98.1 Å². The van der Waals surface area contributed by atoms with Gasteiger partial charge in [0.2, 0.25) is 0 Å². The summed E-state index contributed by atoms with van der Waals surface area (Å²) in [4.78, 5) is 90.2. The van der Waals surface area contributed by atoms with E-state index in [9.17, 15) is 37.2 Å². The predicted octanol–water partition coefficient (Wildman–Crippen LogP) is 14.6. The number of aromatic nitrogens is 5. The maximum absolute atomic E-state index is 13.3. The molecule has 5 aromatic rings. The van der Waals surface area contributed by atoms with Crippen LogP contribution in [-0.2, 0) is 43.4 Å². The van der Waals surface area contributed by atoms with Gasteiger partial charge in [0.15, 0.2) is 0 Å². The zero-order valence-corrected chi connectivity index (χ0v) is 73.9. The summed E-state index contributed by atoms with van der Waals surface area (Å²) in [5.41, 5.74) is 24.9. The fraction of sp³-hybridized carbons (Fsp3) is 0.523. The highest BCUT2D eigenvalue weighted by atomic mass is 32.2. The largest absolute Gasteiger partial charge is 0.378 e. The van der Waals surface area contributed by atoms with Gasteiger partial charge in [-0.2, -0.15) is 8.42 Å². The van der Waals surface area contributed by atoms with E-state index in [0.717, 1.165) is 16.1 Å². The van der Waals surface area contributed by atoms with Crippen molar-refractivity contribution in [3.05, 3.63) is 168 Å². The zero-order chi connectivity index (χ0) is 95.4. The summed E-state index contributed by atoms with van der Waals surface area (Å²) in [6, 6.07) is 16.9. The van der Waals surface area contributed by atoms with Crippen molar-refractivity contribution in [1.82, 2.24) is 38.6 Å². The smallest absolute Gasteiger partial charge is 0.329 e. The topological polar surface area (TPSA) is 426 Å². The third kappa shape index (κ3) is 36.7. The molecule has 648 valence electrons. The monoisotopic (exact) mass is 1680 g/mol. The van der Waals surface area contributed by atoms with Gasteiger partial charge in [0.05, 0.1) is 135 Å². The molecule has 120 heavy (non-hydrogen) atoms. The Balaban J connectivity index is 0.00000147. The second-order valence-electron chi connectivity index (χ2n) is 32.9. The van der Waals surface area contributed by atoms with Crippen molar-refractivity contribution < 1.29 is 81.4 Å². The number of fused-ring (bicyclic) bond motifs is 3. The summed E-state index contributed by atoms with van der Waals surface area (Å²) in [6.45, 7) is 47.1. The van der Waals surface area contributed by atoms with E-state index in [1.54, 1.807) is 104 Å². The first kappa shape index (κ1) is 101. The highest BCUT2D eigenvalue weighted by Crippen LogP contribution is 2.34. The molecule has 1 N–H and O–H groups in total. The summed E-state index contributed by atoms with van der Waals surface area (Å²) >= 11 is 0. The molecule has 0 saturated heterocycles. The van der Waals surface area contributed by atoms with Crippen LogP contribution >= 0.6 is 0 Å². The minimum Gasteiger partial charge on any atom is -0.378 e. The summed E-state index contributed by atoms with van der Waals surface area (Å²) < 4.78 is 85.8. The summed E-state index contributed by atoms with van der Waals surface area (Å²) in [7, 11) is -3.90. The van der Waals surface area contributed by atoms with Crippen LogP contribution < -0.4 is 0 Å². The molecule has 5 heterocycles. The zero-order valence-electron chi connectivity index (χ0n) is 77.0. The van der Waals surface area contributed by atoms with Gasteiger partial charge in [-0.15, -0.1) is 42.1 Å². The van der Waals surface area contributed by atoms with Crippen molar-refractivity contribution in [1.29, 1.82) is 0 Å². The van der Waals surface area contributed by atoms with Crippen molar-refractivity contribution in [3.8, 4) is 72.6 Å². The number of nitrogens with zero attached hydrogens (tertiary/aromatic N) is 17. The predicted molar refractivity (Wildman–Crippen MR) is 459 cm³/mol. The van der Waals surface area contributed by atoms with Gasteiger partial charge in [0.1, 0.15) is 48.7 Å². The molecule has 6 amide bonds. The van der Waals surface area contributed by atoms with Gasteiger partial charge in [-0.3, -0.25) is 43.5 Å². The van der Waals surface area contributed by atoms with Gasteiger partial charge in [-0.1, -0.05) is 87.4 Å². The molecule has 0 saturated carbocycles. The standard InChI is InChI=1S/C25H32N4O4.2C16H17NO3.2C9H15N3O.C8H14O2.C3H3N5O2S.2H2/c1-8-11-17(15-32-24(2,3)4)29-20(14-26-27-29)21(16-33-25(5,6)7)28-22(30)18-12-9-10-13-19(18)23(28)31;2*1-5-11(10-20-16(2,3)4)17-14(18)12-8-6-7-9-13(12)15(17)19;2*1-5-6-8(11-12-10)7-13-9(2,3)4;1-5-7(9)6-10-8(2,3)4;4-6-7-11(9,10)8-2-1-5-3-8;;/h9-10,12-14,17,21H,15-16H2,1-7H3;2*1,6-9,11H,10H2,2-4H3;2*8H,7H2,1-4H3;1,7,9H,6H2,2-4H3;1-3H;2*1H/t17-,21?;;;2*8-;7-;;;/m0..001.../s1/i;;;;;;;2*1+1D. The number of benzene rings is 3. The van der Waals surface area contributed by atoms with Crippen LogP contribution in [0.5, 0.6) is 0 Å². The first-order valence-electron chi connectivity index (χ1n) is 39.7. The molecule has 2 aromatic heterocycles. The molecule has 3 aliphatic rings. The average molecular weight is 1680 g/mol. The van der Waals surface area contributed by atoms with Crippen molar-refractivity contribution in [2.75, 3.05) is 46.2 Å². The van der Waals surface area contributed by atoms with E-state index in [1.165, 1.54) is 17.3 Å². The second kappa shape index (κ2) is 47.8. The Morgan fingerprint density at radius 2 is 0.767 bits per heavy atom. The van der Waals surface area contributed by atoms with E-state index in [0.29, 0.717) is 56.3 Å². The minimum atomic E-state index is -3.90. The van der Waals surface area contributed by atoms with E-state index < -0.39 is 46.1 Å². The number of imide groups is 3. The number of aliphatic hydroxyl groups is 1. The number of azide groups is 3. The van der Waals surface area contributed by atoms with Crippen LogP contribution in [0.25, 0.3) is 31.3 Å². The molecule has 7 atom stereocenters. The first-order chi connectivity index (χ1) is 57.7. The molecule has 3 aromatic carbocycles. The van der Waals surface area contributed by atoms with Crippen LogP contribution in [0.4, 0.5) is 0 Å². The van der Waals surface area contributed by atoms with Crippen LogP contribution in [0.1, 0.15) is 252 Å². The molecule has 3 aliphatic heterocycles.